The van der Waals surface area contributed by atoms with Crippen LogP contribution in [0.2, 0.25) is 0 Å². The molecule has 0 aliphatic carbocycles. The molecule has 0 spiro atoms. The third kappa shape index (κ3) is 4.28. The zero-order chi connectivity index (χ0) is 17.8. The normalized spacial score (nSPS) is 10.8. The predicted molar refractivity (Wildman–Crippen MR) is 97.0 cm³/mol. The summed E-state index contributed by atoms with van der Waals surface area (Å²) in [6.45, 7) is 1.99. The first-order chi connectivity index (χ1) is 12.0. The van der Waals surface area contributed by atoms with Gasteiger partial charge < -0.3 is 14.9 Å². The van der Waals surface area contributed by atoms with Gasteiger partial charge in [-0.2, -0.15) is 0 Å². The zero-order valence-electron chi connectivity index (χ0n) is 13.1. The molecule has 0 aliphatic rings. The molecule has 0 saturated carbocycles. The summed E-state index contributed by atoms with van der Waals surface area (Å²) >= 11 is 2.72. The molecule has 3 aromatic rings. The van der Waals surface area contributed by atoms with Gasteiger partial charge in [-0.15, -0.1) is 10.2 Å². The molecule has 1 amide bonds. The average Bonchev–Trinajstić information content (AvgIpc) is 2.98. The first kappa shape index (κ1) is 17.2. The molecule has 0 bridgehead atoms. The summed E-state index contributed by atoms with van der Waals surface area (Å²) in [7, 11) is 0. The smallest absolute Gasteiger partial charge is 0.411 e. The monoisotopic (exact) mass is 378 g/mol. The first-order valence-electron chi connectivity index (χ1n) is 7.27. The summed E-state index contributed by atoms with van der Waals surface area (Å²) in [5.74, 6) is 0.515. The lowest BCUT2D eigenvalue weighted by atomic mass is 10.1. The van der Waals surface area contributed by atoms with Crippen LogP contribution in [-0.2, 0) is 10.5 Å². The molecule has 2 aromatic heterocycles. The van der Waals surface area contributed by atoms with E-state index in [1.807, 2.05) is 0 Å². The van der Waals surface area contributed by atoms with Gasteiger partial charge in [-0.25, -0.2) is 9.59 Å². The van der Waals surface area contributed by atoms with Gasteiger partial charge in [0.25, 0.3) is 0 Å². The minimum absolute atomic E-state index is 0.270. The second-order valence-electron chi connectivity index (χ2n) is 4.84. The Kier molecular flexibility index (Phi) is 5.19. The molecule has 10 heteroatoms. The average molecular weight is 378 g/mol. The fourth-order valence-corrected chi connectivity index (χ4v) is 3.76. The zero-order valence-corrected chi connectivity index (χ0v) is 14.8. The Morgan fingerprint density at radius 1 is 1.40 bits per heavy atom. The largest absolute Gasteiger partial charge is 0.450 e. The van der Waals surface area contributed by atoms with Crippen LogP contribution in [0.4, 0.5) is 15.6 Å². The van der Waals surface area contributed by atoms with Crippen molar-refractivity contribution in [3.63, 3.8) is 0 Å². The summed E-state index contributed by atoms with van der Waals surface area (Å²) in [4.78, 5) is 23.3. The van der Waals surface area contributed by atoms with Gasteiger partial charge in [-0.3, -0.25) is 5.32 Å². The highest BCUT2D eigenvalue weighted by atomic mass is 32.2. The maximum atomic E-state index is 11.8. The Bertz CT molecular complexity index is 970. The van der Waals surface area contributed by atoms with E-state index in [1.54, 1.807) is 25.1 Å². The minimum Gasteiger partial charge on any atom is -0.450 e. The molecule has 1 aromatic carbocycles. The van der Waals surface area contributed by atoms with E-state index in [0.29, 0.717) is 22.2 Å². The van der Waals surface area contributed by atoms with Crippen molar-refractivity contribution in [2.75, 3.05) is 17.7 Å². The molecule has 130 valence electrons. The van der Waals surface area contributed by atoms with E-state index in [1.165, 1.54) is 29.2 Å². The van der Waals surface area contributed by atoms with Gasteiger partial charge in [0, 0.05) is 29.0 Å². The molecule has 0 atom stereocenters. The van der Waals surface area contributed by atoms with Crippen molar-refractivity contribution in [3.05, 3.63) is 40.2 Å². The molecule has 0 unspecified atom stereocenters. The fraction of sp³-hybridized carbons (Fsp3) is 0.200. The number of carbonyl (C=O) groups excluding carboxylic acids is 1. The number of benzene rings is 1. The number of aromatic nitrogens is 2. The Labute approximate surface area is 150 Å². The van der Waals surface area contributed by atoms with Crippen molar-refractivity contribution in [1.29, 1.82) is 0 Å². The van der Waals surface area contributed by atoms with Gasteiger partial charge in [0.05, 0.1) is 6.61 Å². The number of nitrogens with one attached hydrogen (secondary N) is 1. The highest BCUT2D eigenvalue weighted by molar-refractivity contribution is 8.00. The van der Waals surface area contributed by atoms with E-state index in [-0.39, 0.29) is 6.61 Å². The molecule has 0 aliphatic heterocycles. The van der Waals surface area contributed by atoms with Gasteiger partial charge in [0.1, 0.15) is 5.58 Å². The summed E-state index contributed by atoms with van der Waals surface area (Å²) in [5, 5.41) is 11.4. The molecule has 0 saturated heterocycles. The summed E-state index contributed by atoms with van der Waals surface area (Å²) in [6.07, 6.45) is -0.565. The van der Waals surface area contributed by atoms with Crippen molar-refractivity contribution in [3.8, 4) is 0 Å². The van der Waals surface area contributed by atoms with Gasteiger partial charge in [0.15, 0.2) is 4.34 Å². The predicted octanol–water partition coefficient (Wildman–Crippen LogP) is 3.09. The van der Waals surface area contributed by atoms with Gasteiger partial charge in [0.2, 0.25) is 5.13 Å². The van der Waals surface area contributed by atoms with E-state index < -0.39 is 11.7 Å². The summed E-state index contributed by atoms with van der Waals surface area (Å²) < 4.78 is 10.8. The molecule has 0 fully saturated rings. The Morgan fingerprint density at radius 2 is 2.24 bits per heavy atom. The lowest BCUT2D eigenvalue weighted by Gasteiger charge is -2.08. The van der Waals surface area contributed by atoms with Crippen molar-refractivity contribution < 1.29 is 13.9 Å². The summed E-state index contributed by atoms with van der Waals surface area (Å²) in [5.41, 5.74) is 6.76. The number of anilines is 2. The van der Waals surface area contributed by atoms with E-state index >= 15 is 0 Å². The summed E-state index contributed by atoms with van der Waals surface area (Å²) in [6, 6.07) is 6.53. The third-order valence-electron chi connectivity index (χ3n) is 3.13. The lowest BCUT2D eigenvalue weighted by Crippen LogP contribution is -2.13. The highest BCUT2D eigenvalue weighted by Gasteiger charge is 2.10. The number of amides is 1. The van der Waals surface area contributed by atoms with Crippen molar-refractivity contribution in [2.45, 2.75) is 17.0 Å². The van der Waals surface area contributed by atoms with Crippen molar-refractivity contribution >= 4 is 51.0 Å². The fourth-order valence-electron chi connectivity index (χ4n) is 2.13. The molecular formula is C15H14N4O4S2. The molecule has 25 heavy (non-hydrogen) atoms. The number of nitrogen functional groups attached to an aromatic ring is 1. The van der Waals surface area contributed by atoms with Crippen LogP contribution >= 0.6 is 23.1 Å². The number of nitrogens with two attached hydrogens (primary N) is 1. The SMILES string of the molecule is CCOC(=O)Nc1ccc2c(CSc3nnc(N)s3)cc(=O)oc2c1. The Hall–Kier alpha value is -2.59. The van der Waals surface area contributed by atoms with Crippen LogP contribution in [0, 0.1) is 0 Å². The topological polar surface area (TPSA) is 120 Å². The maximum Gasteiger partial charge on any atom is 0.411 e. The molecule has 8 nitrogen and oxygen atoms in total. The van der Waals surface area contributed by atoms with Gasteiger partial charge >= 0.3 is 11.7 Å². The number of hydrogen-bond donors (Lipinski definition) is 2. The molecular weight excluding hydrogens is 364 g/mol. The van der Waals surface area contributed by atoms with Crippen LogP contribution in [-0.4, -0.2) is 22.9 Å². The Balaban J connectivity index is 1.86. The molecule has 0 radical (unpaired) electrons. The van der Waals surface area contributed by atoms with Crippen LogP contribution < -0.4 is 16.7 Å². The van der Waals surface area contributed by atoms with E-state index in [0.717, 1.165) is 15.3 Å². The molecule has 3 N–H and O–H groups in total. The van der Waals surface area contributed by atoms with Gasteiger partial charge in [-0.05, 0) is 24.6 Å². The number of carbonyl (C=O) groups is 1. The molecule has 2 heterocycles. The van der Waals surface area contributed by atoms with Crippen LogP contribution in [0.25, 0.3) is 11.0 Å². The maximum absolute atomic E-state index is 11.8. The quantitative estimate of drug-likeness (QED) is 0.513. The molecule has 3 rings (SSSR count). The number of rotatable bonds is 5. The first-order valence-corrected chi connectivity index (χ1v) is 9.07. The van der Waals surface area contributed by atoms with Crippen molar-refractivity contribution in [1.82, 2.24) is 10.2 Å². The van der Waals surface area contributed by atoms with Crippen LogP contribution in [0.1, 0.15) is 12.5 Å². The third-order valence-corrected chi connectivity index (χ3v) is 5.06. The van der Waals surface area contributed by atoms with E-state index in [2.05, 4.69) is 15.5 Å². The lowest BCUT2D eigenvalue weighted by molar-refractivity contribution is 0.168. The van der Waals surface area contributed by atoms with Gasteiger partial charge in [-0.1, -0.05) is 23.1 Å². The second kappa shape index (κ2) is 7.53. The number of nitrogens with zero attached hydrogens (tertiary/aromatic N) is 2. The number of thioether (sulfide) groups is 1. The van der Waals surface area contributed by atoms with E-state index in [4.69, 9.17) is 14.9 Å². The second-order valence-corrected chi connectivity index (χ2v) is 7.07. The Morgan fingerprint density at radius 3 is 2.96 bits per heavy atom. The minimum atomic E-state index is -0.565. The number of ether oxygens (including phenoxy) is 1. The number of fused-ring (bicyclic) bond motifs is 1. The number of hydrogen-bond acceptors (Lipinski definition) is 9. The van der Waals surface area contributed by atoms with Crippen LogP contribution in [0.3, 0.4) is 0 Å². The standard InChI is InChI=1S/C15H14N4O4S2/c1-2-22-14(21)17-9-3-4-10-8(5-12(20)23-11(10)6-9)7-24-15-19-18-13(16)25-15/h3-6H,2,7H2,1H3,(H2,16,18)(H,17,21). The van der Waals surface area contributed by atoms with Crippen molar-refractivity contribution in [2.24, 2.45) is 0 Å². The van der Waals surface area contributed by atoms with Crippen LogP contribution in [0.15, 0.2) is 37.8 Å². The van der Waals surface area contributed by atoms with E-state index in [9.17, 15) is 9.59 Å². The highest BCUT2D eigenvalue weighted by Crippen LogP contribution is 2.30. The van der Waals surface area contributed by atoms with Crippen LogP contribution in [0.5, 0.6) is 0 Å².